The van der Waals surface area contributed by atoms with Gasteiger partial charge in [-0.2, -0.15) is 0 Å². The minimum Gasteiger partial charge on any atom is -0.497 e. The summed E-state index contributed by atoms with van der Waals surface area (Å²) in [5, 5.41) is 3.92. The molecule has 30 heavy (non-hydrogen) atoms. The van der Waals surface area contributed by atoms with E-state index in [2.05, 4.69) is 5.32 Å². The maximum Gasteiger partial charge on any atom is 0.229 e. The summed E-state index contributed by atoms with van der Waals surface area (Å²) >= 11 is 12.3. The van der Waals surface area contributed by atoms with Gasteiger partial charge in [-0.25, -0.2) is 4.98 Å². The fourth-order valence-corrected chi connectivity index (χ4v) is 3.57. The molecule has 1 N–H and O–H groups in total. The van der Waals surface area contributed by atoms with Gasteiger partial charge in [0, 0.05) is 11.8 Å². The quantitative estimate of drug-likeness (QED) is 0.426. The molecular weight excluding hydrogens is 421 g/mol. The Hall–Kier alpha value is -3.02. The zero-order valence-electron chi connectivity index (χ0n) is 16.4. The van der Waals surface area contributed by atoms with Crippen LogP contribution in [-0.4, -0.2) is 22.4 Å². The van der Waals surface area contributed by atoms with Gasteiger partial charge in [0.25, 0.3) is 0 Å². The smallest absolute Gasteiger partial charge is 0.229 e. The molecule has 2 heterocycles. The molecule has 0 spiro atoms. The van der Waals surface area contributed by atoms with E-state index in [9.17, 15) is 4.79 Å². The highest BCUT2D eigenvalue weighted by Gasteiger charge is 2.18. The van der Waals surface area contributed by atoms with Gasteiger partial charge in [0.15, 0.2) is 0 Å². The minimum absolute atomic E-state index is 0.148. The predicted molar refractivity (Wildman–Crippen MR) is 121 cm³/mol. The van der Waals surface area contributed by atoms with Crippen molar-refractivity contribution in [2.45, 2.75) is 13.3 Å². The second-order valence-electron chi connectivity index (χ2n) is 6.90. The van der Waals surface area contributed by atoms with E-state index in [0.717, 1.165) is 28.1 Å². The minimum atomic E-state index is -0.148. The number of aryl methyl sites for hydroxylation is 1. The molecule has 0 fully saturated rings. The summed E-state index contributed by atoms with van der Waals surface area (Å²) in [6.07, 6.45) is 2.10. The van der Waals surface area contributed by atoms with Gasteiger partial charge >= 0.3 is 0 Å². The molecule has 0 aliphatic heterocycles. The Bertz CT molecular complexity index is 1230. The van der Waals surface area contributed by atoms with Crippen molar-refractivity contribution in [2.75, 3.05) is 12.4 Å². The summed E-state index contributed by atoms with van der Waals surface area (Å²) in [5.41, 5.74) is 4.04. The van der Waals surface area contributed by atoms with Crippen LogP contribution in [0.2, 0.25) is 10.0 Å². The van der Waals surface area contributed by atoms with Gasteiger partial charge in [0.05, 0.1) is 23.6 Å². The summed E-state index contributed by atoms with van der Waals surface area (Å²) in [5.74, 6) is 1.19. The zero-order valence-corrected chi connectivity index (χ0v) is 18.0. The van der Waals surface area contributed by atoms with E-state index in [1.807, 2.05) is 60.0 Å². The number of aromatic nitrogens is 2. The maximum atomic E-state index is 12.8. The van der Waals surface area contributed by atoms with Crippen molar-refractivity contribution in [1.82, 2.24) is 9.38 Å². The molecule has 0 saturated heterocycles. The van der Waals surface area contributed by atoms with E-state index < -0.39 is 0 Å². The number of rotatable bonds is 5. The summed E-state index contributed by atoms with van der Waals surface area (Å²) in [6.45, 7) is 1.98. The van der Waals surface area contributed by atoms with Gasteiger partial charge in [0.1, 0.15) is 22.9 Å². The summed E-state index contributed by atoms with van der Waals surface area (Å²) in [7, 11) is 1.61. The lowest BCUT2D eigenvalue weighted by Crippen LogP contribution is -2.16. The molecule has 5 nitrogen and oxygen atoms in total. The number of nitrogens with one attached hydrogen (secondary N) is 1. The van der Waals surface area contributed by atoms with E-state index >= 15 is 0 Å². The number of amides is 1. The highest BCUT2D eigenvalue weighted by molar-refractivity contribution is 6.42. The van der Waals surface area contributed by atoms with Crippen LogP contribution < -0.4 is 10.1 Å². The standard InChI is InChI=1S/C23H19Cl2N3O2/c1-14-4-3-11-28-22(14)27-21(16-7-10-18(24)19(25)13-16)23(28)26-20(29)12-15-5-8-17(30-2)9-6-15/h3-11,13H,12H2,1-2H3,(H,26,29). The molecule has 0 atom stereocenters. The fraction of sp³-hybridized carbons (Fsp3) is 0.130. The summed E-state index contributed by atoms with van der Waals surface area (Å²) in [4.78, 5) is 17.6. The highest BCUT2D eigenvalue weighted by atomic mass is 35.5. The van der Waals surface area contributed by atoms with Gasteiger partial charge < -0.3 is 10.1 Å². The molecule has 0 aliphatic carbocycles. The number of halogens is 2. The lowest BCUT2D eigenvalue weighted by atomic mass is 10.1. The summed E-state index contributed by atoms with van der Waals surface area (Å²) in [6, 6.07) is 16.6. The molecule has 0 unspecified atom stereocenters. The number of ether oxygens (including phenoxy) is 1. The Morgan fingerprint density at radius 1 is 1.10 bits per heavy atom. The van der Waals surface area contributed by atoms with Crippen molar-refractivity contribution in [3.8, 4) is 17.0 Å². The van der Waals surface area contributed by atoms with Crippen molar-refractivity contribution in [2.24, 2.45) is 0 Å². The number of carbonyl (C=O) groups excluding carboxylic acids is 1. The Balaban J connectivity index is 1.71. The second kappa shape index (κ2) is 8.38. The molecule has 0 aliphatic rings. The number of hydrogen-bond acceptors (Lipinski definition) is 3. The van der Waals surface area contributed by atoms with Crippen LogP contribution in [0.4, 0.5) is 5.82 Å². The van der Waals surface area contributed by atoms with Crippen LogP contribution in [0.1, 0.15) is 11.1 Å². The molecule has 152 valence electrons. The molecule has 0 saturated carbocycles. The number of nitrogens with zero attached hydrogens (tertiary/aromatic N) is 2. The SMILES string of the molecule is COc1ccc(CC(=O)Nc2c(-c3ccc(Cl)c(Cl)c3)nc3c(C)cccn23)cc1. The Morgan fingerprint density at radius 2 is 1.87 bits per heavy atom. The first-order chi connectivity index (χ1) is 14.5. The van der Waals surface area contributed by atoms with Crippen LogP contribution in [0.3, 0.4) is 0 Å². The third kappa shape index (κ3) is 3.99. The number of hydrogen-bond donors (Lipinski definition) is 1. The van der Waals surface area contributed by atoms with Gasteiger partial charge in [0.2, 0.25) is 5.91 Å². The van der Waals surface area contributed by atoms with E-state index in [1.165, 1.54) is 0 Å². The van der Waals surface area contributed by atoms with Crippen molar-refractivity contribution in [3.63, 3.8) is 0 Å². The van der Waals surface area contributed by atoms with Gasteiger partial charge in [-0.1, -0.05) is 47.5 Å². The first-order valence-corrected chi connectivity index (χ1v) is 10.1. The van der Waals surface area contributed by atoms with Crippen molar-refractivity contribution < 1.29 is 9.53 Å². The van der Waals surface area contributed by atoms with E-state index in [4.69, 9.17) is 32.9 Å². The van der Waals surface area contributed by atoms with Gasteiger partial charge in [-0.05, 0) is 48.4 Å². The fourth-order valence-electron chi connectivity index (χ4n) is 3.27. The summed E-state index contributed by atoms with van der Waals surface area (Å²) < 4.78 is 7.04. The van der Waals surface area contributed by atoms with Crippen LogP contribution >= 0.6 is 23.2 Å². The largest absolute Gasteiger partial charge is 0.497 e. The Morgan fingerprint density at radius 3 is 2.57 bits per heavy atom. The molecule has 7 heteroatoms. The number of imidazole rings is 1. The van der Waals surface area contributed by atoms with Crippen LogP contribution in [0.25, 0.3) is 16.9 Å². The monoisotopic (exact) mass is 439 g/mol. The van der Waals surface area contributed by atoms with Crippen molar-refractivity contribution in [3.05, 3.63) is 82.0 Å². The van der Waals surface area contributed by atoms with Crippen LogP contribution in [0.5, 0.6) is 5.75 Å². The molecule has 2 aromatic heterocycles. The number of anilines is 1. The molecule has 4 aromatic rings. The third-order valence-corrected chi connectivity index (χ3v) is 5.56. The average molecular weight is 440 g/mol. The lowest BCUT2D eigenvalue weighted by molar-refractivity contribution is -0.115. The van der Waals surface area contributed by atoms with Crippen LogP contribution in [-0.2, 0) is 11.2 Å². The van der Waals surface area contributed by atoms with Gasteiger partial charge in [-0.3, -0.25) is 9.20 Å². The van der Waals surface area contributed by atoms with E-state index in [0.29, 0.717) is 21.6 Å². The number of fused-ring (bicyclic) bond motifs is 1. The second-order valence-corrected chi connectivity index (χ2v) is 7.71. The lowest BCUT2D eigenvalue weighted by Gasteiger charge is -2.09. The average Bonchev–Trinajstić information content (AvgIpc) is 3.10. The van der Waals surface area contributed by atoms with Crippen molar-refractivity contribution >= 4 is 40.6 Å². The number of carbonyl (C=O) groups is 1. The predicted octanol–water partition coefficient (Wildman–Crippen LogP) is 5.81. The number of methoxy groups -OCH3 is 1. The topological polar surface area (TPSA) is 55.6 Å². The molecular formula is C23H19Cl2N3O2. The molecule has 2 aromatic carbocycles. The van der Waals surface area contributed by atoms with Crippen LogP contribution in [0.15, 0.2) is 60.8 Å². The van der Waals surface area contributed by atoms with E-state index in [1.54, 1.807) is 19.2 Å². The highest BCUT2D eigenvalue weighted by Crippen LogP contribution is 2.33. The van der Waals surface area contributed by atoms with Gasteiger partial charge in [-0.15, -0.1) is 0 Å². The van der Waals surface area contributed by atoms with Crippen molar-refractivity contribution in [1.29, 1.82) is 0 Å². The number of pyridine rings is 1. The zero-order chi connectivity index (χ0) is 21.3. The molecule has 4 rings (SSSR count). The van der Waals surface area contributed by atoms with E-state index in [-0.39, 0.29) is 12.3 Å². The molecule has 0 bridgehead atoms. The third-order valence-electron chi connectivity index (χ3n) is 4.82. The maximum absolute atomic E-state index is 12.8. The Labute approximate surface area is 184 Å². The van der Waals surface area contributed by atoms with Crippen LogP contribution in [0, 0.1) is 6.92 Å². The first kappa shape index (κ1) is 20.3. The Kier molecular flexibility index (Phi) is 5.66. The number of benzene rings is 2. The molecule has 0 radical (unpaired) electrons. The first-order valence-electron chi connectivity index (χ1n) is 9.32. The molecule has 1 amide bonds. The normalized spacial score (nSPS) is 10.9.